The molecule has 0 unspecified atom stereocenters. The maximum absolute atomic E-state index is 11.3. The van der Waals surface area contributed by atoms with Gasteiger partial charge in [0.25, 0.3) is 0 Å². The summed E-state index contributed by atoms with van der Waals surface area (Å²) in [6, 6.07) is 8.84. The van der Waals surface area contributed by atoms with Crippen LogP contribution >= 0.6 is 12.6 Å². The Morgan fingerprint density at radius 1 is 1.11 bits per heavy atom. The third-order valence-corrected chi connectivity index (χ3v) is 2.95. The summed E-state index contributed by atoms with van der Waals surface area (Å²) in [7, 11) is 0. The SMILES string of the molecule is CC(=O)Oc1c(S)ccc2cc(C(C)=O)ccc12. The Morgan fingerprint density at radius 3 is 2.44 bits per heavy atom. The fraction of sp³-hybridized carbons (Fsp3) is 0.143. The number of esters is 1. The molecule has 0 saturated heterocycles. The molecule has 0 N–H and O–H groups in total. The van der Waals surface area contributed by atoms with Gasteiger partial charge < -0.3 is 4.74 Å². The van der Waals surface area contributed by atoms with Gasteiger partial charge in [-0.05, 0) is 30.5 Å². The van der Waals surface area contributed by atoms with E-state index in [1.54, 1.807) is 24.3 Å². The lowest BCUT2D eigenvalue weighted by Gasteiger charge is -2.09. The van der Waals surface area contributed by atoms with Gasteiger partial charge in [0.1, 0.15) is 0 Å². The number of carbonyl (C=O) groups is 2. The zero-order valence-corrected chi connectivity index (χ0v) is 11.0. The number of fused-ring (bicyclic) bond motifs is 1. The van der Waals surface area contributed by atoms with Crippen LogP contribution in [0.3, 0.4) is 0 Å². The number of rotatable bonds is 2. The molecule has 2 aromatic carbocycles. The van der Waals surface area contributed by atoms with Gasteiger partial charge in [-0.1, -0.05) is 12.1 Å². The van der Waals surface area contributed by atoms with E-state index in [0.29, 0.717) is 16.2 Å². The highest BCUT2D eigenvalue weighted by molar-refractivity contribution is 7.80. The third-order valence-electron chi connectivity index (χ3n) is 2.60. The lowest BCUT2D eigenvalue weighted by atomic mass is 10.0. The summed E-state index contributed by atoms with van der Waals surface area (Å²) in [6.07, 6.45) is 0. The van der Waals surface area contributed by atoms with Crippen LogP contribution < -0.4 is 4.74 Å². The third kappa shape index (κ3) is 2.38. The van der Waals surface area contributed by atoms with Crippen LogP contribution in [0.5, 0.6) is 5.75 Å². The van der Waals surface area contributed by atoms with Gasteiger partial charge in [-0.25, -0.2) is 0 Å². The highest BCUT2D eigenvalue weighted by atomic mass is 32.1. The number of carbonyl (C=O) groups excluding carboxylic acids is 2. The van der Waals surface area contributed by atoms with Crippen molar-refractivity contribution in [2.45, 2.75) is 18.7 Å². The molecule has 0 bridgehead atoms. The van der Waals surface area contributed by atoms with Crippen LogP contribution in [-0.4, -0.2) is 11.8 Å². The lowest BCUT2D eigenvalue weighted by Crippen LogP contribution is -2.03. The molecule has 0 spiro atoms. The maximum atomic E-state index is 11.3. The van der Waals surface area contributed by atoms with Gasteiger partial charge in [-0.2, -0.15) is 0 Å². The first-order valence-electron chi connectivity index (χ1n) is 5.44. The van der Waals surface area contributed by atoms with Crippen molar-refractivity contribution in [3.63, 3.8) is 0 Å². The van der Waals surface area contributed by atoms with Crippen molar-refractivity contribution in [2.24, 2.45) is 0 Å². The number of ether oxygens (including phenoxy) is 1. The van der Waals surface area contributed by atoms with Gasteiger partial charge in [-0.3, -0.25) is 9.59 Å². The second-order valence-corrected chi connectivity index (χ2v) is 4.48. The Hall–Kier alpha value is -1.81. The summed E-state index contributed by atoms with van der Waals surface area (Å²) < 4.78 is 5.16. The van der Waals surface area contributed by atoms with E-state index < -0.39 is 5.97 Å². The average molecular weight is 260 g/mol. The Bertz CT molecular complexity index is 647. The number of Topliss-reactive ketones (excluding diaryl/α,β-unsaturated/α-hetero) is 1. The summed E-state index contributed by atoms with van der Waals surface area (Å²) in [5, 5.41) is 1.61. The summed E-state index contributed by atoms with van der Waals surface area (Å²) in [4.78, 5) is 23.0. The molecule has 2 aromatic rings. The molecule has 0 aliphatic carbocycles. The van der Waals surface area contributed by atoms with Crippen molar-refractivity contribution >= 4 is 35.2 Å². The van der Waals surface area contributed by atoms with E-state index in [2.05, 4.69) is 12.6 Å². The summed E-state index contributed by atoms with van der Waals surface area (Å²) in [5.74, 6) is 0.0350. The predicted octanol–water partition coefficient (Wildman–Crippen LogP) is 3.26. The van der Waals surface area contributed by atoms with Crippen LogP contribution in [0.2, 0.25) is 0 Å². The number of hydrogen-bond donors (Lipinski definition) is 1. The predicted molar refractivity (Wildman–Crippen MR) is 72.5 cm³/mol. The summed E-state index contributed by atoms with van der Waals surface area (Å²) >= 11 is 4.27. The number of ketones is 1. The Balaban J connectivity index is 2.66. The summed E-state index contributed by atoms with van der Waals surface area (Å²) in [5.41, 5.74) is 0.628. The van der Waals surface area contributed by atoms with Crippen LogP contribution in [0, 0.1) is 0 Å². The molecule has 4 heteroatoms. The van der Waals surface area contributed by atoms with Gasteiger partial charge in [0, 0.05) is 22.8 Å². The highest BCUT2D eigenvalue weighted by Gasteiger charge is 2.10. The highest BCUT2D eigenvalue weighted by Crippen LogP contribution is 2.33. The molecule has 0 atom stereocenters. The van der Waals surface area contributed by atoms with Crippen molar-refractivity contribution in [1.29, 1.82) is 0 Å². The smallest absolute Gasteiger partial charge is 0.308 e. The van der Waals surface area contributed by atoms with E-state index in [9.17, 15) is 9.59 Å². The van der Waals surface area contributed by atoms with E-state index in [-0.39, 0.29) is 5.78 Å². The second kappa shape index (κ2) is 4.82. The van der Waals surface area contributed by atoms with E-state index in [1.807, 2.05) is 6.07 Å². The van der Waals surface area contributed by atoms with E-state index in [0.717, 1.165) is 10.8 Å². The normalized spacial score (nSPS) is 10.4. The molecule has 2 rings (SSSR count). The minimum absolute atomic E-state index is 0.000821. The van der Waals surface area contributed by atoms with E-state index >= 15 is 0 Å². The molecule has 0 saturated carbocycles. The first-order chi connectivity index (χ1) is 8.49. The fourth-order valence-corrected chi connectivity index (χ4v) is 2.00. The first-order valence-corrected chi connectivity index (χ1v) is 5.89. The quantitative estimate of drug-likeness (QED) is 0.390. The van der Waals surface area contributed by atoms with Gasteiger partial charge in [-0.15, -0.1) is 12.6 Å². The zero-order valence-electron chi connectivity index (χ0n) is 10.1. The summed E-state index contributed by atoms with van der Waals surface area (Å²) in [6.45, 7) is 2.86. The Kier molecular flexibility index (Phi) is 3.39. The van der Waals surface area contributed by atoms with Crippen molar-refractivity contribution in [1.82, 2.24) is 0 Å². The van der Waals surface area contributed by atoms with Gasteiger partial charge in [0.05, 0.1) is 0 Å². The van der Waals surface area contributed by atoms with Gasteiger partial charge in [0.15, 0.2) is 11.5 Å². The molecule has 0 heterocycles. The van der Waals surface area contributed by atoms with Crippen molar-refractivity contribution < 1.29 is 14.3 Å². The minimum Gasteiger partial charge on any atom is -0.425 e. The molecule has 3 nitrogen and oxygen atoms in total. The van der Waals surface area contributed by atoms with E-state index in [1.165, 1.54) is 13.8 Å². The molecule has 0 aliphatic rings. The Morgan fingerprint density at radius 2 is 1.83 bits per heavy atom. The number of hydrogen-bond acceptors (Lipinski definition) is 4. The topological polar surface area (TPSA) is 43.4 Å². The number of thiol groups is 1. The Labute approximate surface area is 110 Å². The molecular formula is C14H12O3S. The molecular weight excluding hydrogens is 248 g/mol. The van der Waals surface area contributed by atoms with E-state index in [4.69, 9.17) is 4.74 Å². The van der Waals surface area contributed by atoms with Crippen LogP contribution in [0.25, 0.3) is 10.8 Å². The molecule has 0 aromatic heterocycles. The fourth-order valence-electron chi connectivity index (χ4n) is 1.76. The van der Waals surface area contributed by atoms with Crippen LogP contribution in [0.4, 0.5) is 0 Å². The van der Waals surface area contributed by atoms with Gasteiger partial charge in [0.2, 0.25) is 0 Å². The standard InChI is InChI=1S/C14H12O3S/c1-8(15)10-3-5-12-11(7-10)4-6-13(18)14(12)17-9(2)16/h3-7,18H,1-2H3. The van der Waals surface area contributed by atoms with Crippen LogP contribution in [-0.2, 0) is 4.79 Å². The maximum Gasteiger partial charge on any atom is 0.308 e. The molecule has 0 amide bonds. The second-order valence-electron chi connectivity index (χ2n) is 4.00. The van der Waals surface area contributed by atoms with Crippen LogP contribution in [0.1, 0.15) is 24.2 Å². The minimum atomic E-state index is -0.395. The molecule has 0 aliphatic heterocycles. The molecule has 92 valence electrons. The van der Waals surface area contributed by atoms with Crippen molar-refractivity contribution in [2.75, 3.05) is 0 Å². The first kappa shape index (κ1) is 12.6. The largest absolute Gasteiger partial charge is 0.425 e. The number of benzene rings is 2. The van der Waals surface area contributed by atoms with Crippen LogP contribution in [0.15, 0.2) is 35.2 Å². The molecule has 18 heavy (non-hydrogen) atoms. The van der Waals surface area contributed by atoms with Crippen molar-refractivity contribution in [3.05, 3.63) is 35.9 Å². The average Bonchev–Trinajstić information content (AvgIpc) is 2.31. The molecule has 0 fully saturated rings. The van der Waals surface area contributed by atoms with Gasteiger partial charge >= 0.3 is 5.97 Å². The lowest BCUT2D eigenvalue weighted by molar-refractivity contribution is -0.131. The van der Waals surface area contributed by atoms with Crippen molar-refractivity contribution in [3.8, 4) is 5.75 Å². The monoisotopic (exact) mass is 260 g/mol. The molecule has 0 radical (unpaired) electrons. The zero-order chi connectivity index (χ0) is 13.3.